The van der Waals surface area contributed by atoms with E-state index in [4.69, 9.17) is 9.97 Å². The standard InChI is InChI=1S/C51H36N2/c1-51(2)45-23-13-22-43(49(45)44-30-37-18-9-10-19-38(37)31-46(44)51)42-29-28-39(40-20-11-12-21-41(40)42)33-24-26-35(27-25-33)48-32-47(34-14-5-3-6-15-34)52-50(53-48)36-16-7-4-8-17-36/h3-32H,1-2H3. The van der Waals surface area contributed by atoms with Crippen LogP contribution in [0.5, 0.6) is 0 Å². The zero-order valence-electron chi connectivity index (χ0n) is 29.7. The Morgan fingerprint density at radius 3 is 1.60 bits per heavy atom. The fraction of sp³-hybridized carbons (Fsp3) is 0.0588. The van der Waals surface area contributed by atoms with Gasteiger partial charge in [-0.2, -0.15) is 0 Å². The summed E-state index contributed by atoms with van der Waals surface area (Å²) in [5.74, 6) is 0.721. The molecule has 0 N–H and O–H groups in total. The van der Waals surface area contributed by atoms with Crippen LogP contribution in [0.4, 0.5) is 0 Å². The van der Waals surface area contributed by atoms with E-state index in [1.54, 1.807) is 0 Å². The van der Waals surface area contributed by atoms with Gasteiger partial charge in [-0.15, -0.1) is 0 Å². The number of nitrogens with zero attached hydrogens (tertiary/aromatic N) is 2. The van der Waals surface area contributed by atoms with E-state index in [0.717, 1.165) is 33.9 Å². The maximum Gasteiger partial charge on any atom is 0.160 e. The van der Waals surface area contributed by atoms with Crippen molar-refractivity contribution in [2.75, 3.05) is 0 Å². The lowest BCUT2D eigenvalue weighted by molar-refractivity contribution is 0.661. The van der Waals surface area contributed by atoms with Gasteiger partial charge in [-0.1, -0.05) is 178 Å². The minimum Gasteiger partial charge on any atom is -0.228 e. The molecule has 0 amide bonds. The monoisotopic (exact) mass is 676 g/mol. The molecule has 0 saturated heterocycles. The summed E-state index contributed by atoms with van der Waals surface area (Å²) in [7, 11) is 0. The van der Waals surface area contributed by atoms with E-state index in [1.165, 1.54) is 66.1 Å². The predicted molar refractivity (Wildman–Crippen MR) is 222 cm³/mol. The van der Waals surface area contributed by atoms with Crippen molar-refractivity contribution in [3.05, 3.63) is 193 Å². The van der Waals surface area contributed by atoms with Crippen LogP contribution in [0.2, 0.25) is 0 Å². The summed E-state index contributed by atoms with van der Waals surface area (Å²) >= 11 is 0. The number of rotatable bonds is 5. The van der Waals surface area contributed by atoms with Crippen molar-refractivity contribution in [3.8, 4) is 67.3 Å². The van der Waals surface area contributed by atoms with Gasteiger partial charge in [0.05, 0.1) is 11.4 Å². The maximum atomic E-state index is 5.06. The van der Waals surface area contributed by atoms with E-state index >= 15 is 0 Å². The van der Waals surface area contributed by atoms with Crippen molar-refractivity contribution < 1.29 is 0 Å². The van der Waals surface area contributed by atoms with E-state index in [1.807, 2.05) is 24.3 Å². The summed E-state index contributed by atoms with van der Waals surface area (Å²) in [6.45, 7) is 4.74. The molecule has 2 heteroatoms. The zero-order valence-corrected chi connectivity index (χ0v) is 29.7. The second-order valence-corrected chi connectivity index (χ2v) is 14.6. The molecule has 0 radical (unpaired) electrons. The molecule has 1 aliphatic rings. The van der Waals surface area contributed by atoms with Crippen molar-refractivity contribution in [2.45, 2.75) is 19.3 Å². The number of fused-ring (bicyclic) bond motifs is 5. The Labute approximate surface area is 310 Å². The molecule has 250 valence electrons. The average molecular weight is 677 g/mol. The number of benzene rings is 8. The first kappa shape index (κ1) is 31.1. The molecular weight excluding hydrogens is 641 g/mol. The molecule has 0 bridgehead atoms. The van der Waals surface area contributed by atoms with Crippen molar-refractivity contribution in [1.29, 1.82) is 0 Å². The fourth-order valence-electron chi connectivity index (χ4n) is 8.37. The molecule has 0 unspecified atom stereocenters. The Balaban J connectivity index is 1.08. The predicted octanol–water partition coefficient (Wildman–Crippen LogP) is 13.4. The summed E-state index contributed by atoms with van der Waals surface area (Å²) < 4.78 is 0. The highest BCUT2D eigenvalue weighted by molar-refractivity contribution is 6.09. The Morgan fingerprint density at radius 1 is 0.358 bits per heavy atom. The Bertz CT molecular complexity index is 2780. The summed E-state index contributed by atoms with van der Waals surface area (Å²) in [4.78, 5) is 10.0. The van der Waals surface area contributed by atoms with E-state index in [2.05, 4.69) is 172 Å². The van der Waals surface area contributed by atoms with Gasteiger partial charge in [0.1, 0.15) is 0 Å². The summed E-state index contributed by atoms with van der Waals surface area (Å²) in [5, 5.41) is 5.07. The Morgan fingerprint density at radius 2 is 0.906 bits per heavy atom. The quantitative estimate of drug-likeness (QED) is 0.181. The van der Waals surface area contributed by atoms with Crippen LogP contribution in [0.3, 0.4) is 0 Å². The summed E-state index contributed by atoms with van der Waals surface area (Å²) in [5.41, 5.74) is 15.3. The van der Waals surface area contributed by atoms with Crippen LogP contribution < -0.4 is 0 Å². The normalized spacial score (nSPS) is 12.9. The number of hydrogen-bond donors (Lipinski definition) is 0. The molecular formula is C51H36N2. The number of hydrogen-bond acceptors (Lipinski definition) is 2. The van der Waals surface area contributed by atoms with Gasteiger partial charge in [0.2, 0.25) is 0 Å². The minimum absolute atomic E-state index is 0.0877. The number of aromatic nitrogens is 2. The van der Waals surface area contributed by atoms with E-state index in [9.17, 15) is 0 Å². The van der Waals surface area contributed by atoms with Crippen LogP contribution in [0.1, 0.15) is 25.0 Å². The molecule has 0 saturated carbocycles. The minimum atomic E-state index is -0.0877. The zero-order chi connectivity index (χ0) is 35.5. The van der Waals surface area contributed by atoms with Gasteiger partial charge < -0.3 is 0 Å². The van der Waals surface area contributed by atoms with Gasteiger partial charge in [-0.25, -0.2) is 9.97 Å². The van der Waals surface area contributed by atoms with Crippen LogP contribution in [0, 0.1) is 0 Å². The Kier molecular flexibility index (Phi) is 7.19. The van der Waals surface area contributed by atoms with E-state index < -0.39 is 0 Å². The van der Waals surface area contributed by atoms with E-state index in [-0.39, 0.29) is 5.41 Å². The third-order valence-corrected chi connectivity index (χ3v) is 11.1. The first-order chi connectivity index (χ1) is 26.0. The van der Waals surface area contributed by atoms with Crippen LogP contribution in [0.25, 0.3) is 88.8 Å². The lowest BCUT2D eigenvalue weighted by atomic mass is 9.81. The Hall–Kier alpha value is -6.64. The lowest BCUT2D eigenvalue weighted by Crippen LogP contribution is -2.14. The highest BCUT2D eigenvalue weighted by Gasteiger charge is 2.37. The summed E-state index contributed by atoms with van der Waals surface area (Å²) in [6, 6.07) is 65.4. The van der Waals surface area contributed by atoms with Gasteiger partial charge >= 0.3 is 0 Å². The molecule has 1 heterocycles. The molecule has 0 fully saturated rings. The van der Waals surface area contributed by atoms with Gasteiger partial charge in [0.15, 0.2) is 5.82 Å². The average Bonchev–Trinajstić information content (AvgIpc) is 3.45. The van der Waals surface area contributed by atoms with E-state index in [0.29, 0.717) is 0 Å². The lowest BCUT2D eigenvalue weighted by Gasteiger charge is -2.22. The molecule has 9 aromatic rings. The molecule has 0 atom stereocenters. The van der Waals surface area contributed by atoms with Gasteiger partial charge in [0, 0.05) is 22.1 Å². The highest BCUT2D eigenvalue weighted by Crippen LogP contribution is 2.54. The molecule has 0 aliphatic heterocycles. The largest absolute Gasteiger partial charge is 0.228 e. The van der Waals surface area contributed by atoms with Crippen LogP contribution in [0.15, 0.2) is 182 Å². The van der Waals surface area contributed by atoms with Crippen molar-refractivity contribution in [2.24, 2.45) is 0 Å². The third kappa shape index (κ3) is 5.18. The second-order valence-electron chi connectivity index (χ2n) is 14.6. The molecule has 8 aromatic carbocycles. The van der Waals surface area contributed by atoms with Crippen molar-refractivity contribution >= 4 is 21.5 Å². The smallest absolute Gasteiger partial charge is 0.160 e. The van der Waals surface area contributed by atoms with Crippen molar-refractivity contribution in [3.63, 3.8) is 0 Å². The van der Waals surface area contributed by atoms with Crippen molar-refractivity contribution in [1.82, 2.24) is 9.97 Å². The topological polar surface area (TPSA) is 25.8 Å². The second kappa shape index (κ2) is 12.3. The molecule has 53 heavy (non-hydrogen) atoms. The SMILES string of the molecule is CC1(C)c2cc3ccccc3cc2-c2c(-c3ccc(-c4ccc(-c5cc(-c6ccccc6)nc(-c6ccccc6)n5)cc4)c4ccccc34)cccc21. The van der Waals surface area contributed by atoms with Crippen LogP contribution in [-0.4, -0.2) is 9.97 Å². The van der Waals surface area contributed by atoms with Gasteiger partial charge in [-0.3, -0.25) is 0 Å². The van der Waals surface area contributed by atoms with Gasteiger partial charge in [-0.05, 0) is 84.3 Å². The van der Waals surface area contributed by atoms with Crippen LogP contribution in [-0.2, 0) is 5.41 Å². The third-order valence-electron chi connectivity index (χ3n) is 11.1. The first-order valence-corrected chi connectivity index (χ1v) is 18.3. The highest BCUT2D eigenvalue weighted by atomic mass is 14.9. The maximum absolute atomic E-state index is 5.06. The summed E-state index contributed by atoms with van der Waals surface area (Å²) in [6.07, 6.45) is 0. The first-order valence-electron chi connectivity index (χ1n) is 18.3. The molecule has 2 nitrogen and oxygen atoms in total. The molecule has 1 aliphatic carbocycles. The molecule has 1 aromatic heterocycles. The van der Waals surface area contributed by atoms with Crippen LogP contribution >= 0.6 is 0 Å². The fourth-order valence-corrected chi connectivity index (χ4v) is 8.37. The molecule has 0 spiro atoms. The molecule has 10 rings (SSSR count). The van der Waals surface area contributed by atoms with Gasteiger partial charge in [0.25, 0.3) is 0 Å².